The number of hydrogen-bond donors (Lipinski definition) is 3. The zero-order valence-corrected chi connectivity index (χ0v) is 19.6. The summed E-state index contributed by atoms with van der Waals surface area (Å²) in [5, 5.41) is 3.18. The first-order chi connectivity index (χ1) is 15.1. The van der Waals surface area contributed by atoms with E-state index in [0.717, 1.165) is 53.9 Å². The maximum Gasteiger partial charge on any atom is 0.268 e. The van der Waals surface area contributed by atoms with E-state index in [-0.39, 0.29) is 23.1 Å². The first kappa shape index (κ1) is 22.3. The van der Waals surface area contributed by atoms with Crippen molar-refractivity contribution in [1.29, 1.82) is 0 Å². The quantitative estimate of drug-likeness (QED) is 0.519. The number of ketones is 1. The van der Waals surface area contributed by atoms with Crippen LogP contribution >= 0.6 is 0 Å². The molecule has 1 atom stereocenters. The van der Waals surface area contributed by atoms with Crippen molar-refractivity contribution < 1.29 is 9.59 Å². The van der Waals surface area contributed by atoms with Crippen LogP contribution in [0.3, 0.4) is 0 Å². The summed E-state index contributed by atoms with van der Waals surface area (Å²) < 4.78 is 0. The molecule has 3 aromatic rings. The Bertz CT molecular complexity index is 1120. The van der Waals surface area contributed by atoms with Crippen molar-refractivity contribution in [2.45, 2.75) is 52.5 Å². The minimum absolute atomic E-state index is 0.0991. The second-order valence-corrected chi connectivity index (χ2v) is 10.0. The maximum absolute atomic E-state index is 13.3. The molecule has 7 heteroatoms. The molecule has 170 valence electrons. The molecule has 0 bridgehead atoms. The third kappa shape index (κ3) is 4.48. The van der Waals surface area contributed by atoms with Crippen LogP contribution in [0.2, 0.25) is 0 Å². The number of rotatable bonds is 7. The van der Waals surface area contributed by atoms with Crippen LogP contribution in [0, 0.1) is 12.3 Å². The number of nitrogens with one attached hydrogen (secondary N) is 3. The molecule has 32 heavy (non-hydrogen) atoms. The van der Waals surface area contributed by atoms with Crippen molar-refractivity contribution >= 4 is 22.7 Å². The van der Waals surface area contributed by atoms with Crippen molar-refractivity contribution in [3.8, 4) is 0 Å². The van der Waals surface area contributed by atoms with E-state index < -0.39 is 0 Å². The van der Waals surface area contributed by atoms with Crippen molar-refractivity contribution in [2.75, 3.05) is 20.6 Å². The van der Waals surface area contributed by atoms with Crippen molar-refractivity contribution in [1.82, 2.24) is 25.2 Å². The Morgan fingerprint density at radius 3 is 2.69 bits per heavy atom. The van der Waals surface area contributed by atoms with Gasteiger partial charge in [-0.25, -0.2) is 4.98 Å². The van der Waals surface area contributed by atoms with Crippen LogP contribution in [0.1, 0.15) is 77.1 Å². The Morgan fingerprint density at radius 1 is 1.22 bits per heavy atom. The Morgan fingerprint density at radius 2 is 1.97 bits per heavy atom. The van der Waals surface area contributed by atoms with E-state index in [2.05, 4.69) is 34.0 Å². The lowest BCUT2D eigenvalue weighted by Crippen LogP contribution is -2.30. The normalized spacial score (nSPS) is 16.4. The van der Waals surface area contributed by atoms with E-state index in [4.69, 9.17) is 4.98 Å². The Balaban J connectivity index is 1.61. The predicted molar refractivity (Wildman–Crippen MR) is 126 cm³/mol. The van der Waals surface area contributed by atoms with E-state index >= 15 is 0 Å². The Hall–Kier alpha value is -2.93. The predicted octanol–water partition coefficient (Wildman–Crippen LogP) is 4.17. The Labute approximate surface area is 189 Å². The standard InChI is InChI=1S/C25H33N5O2/c1-15-21-19(13-25(2,3)14-20(21)31)26-22(15)24(32)29-18(11-8-12-30(4)5)23-27-16-9-6-7-10-17(16)28-23/h6-7,9-10,18,26H,8,11-14H2,1-5H3,(H,27,28)(H,29,32)/t18-/m0/s1. The molecule has 0 unspecified atom stereocenters. The number of para-hydroxylation sites is 2. The molecule has 0 radical (unpaired) electrons. The van der Waals surface area contributed by atoms with Gasteiger partial charge in [0.1, 0.15) is 11.5 Å². The average Bonchev–Trinajstić information content (AvgIpc) is 3.27. The molecule has 1 aliphatic carbocycles. The van der Waals surface area contributed by atoms with Gasteiger partial charge in [0, 0.05) is 17.7 Å². The van der Waals surface area contributed by atoms with E-state index in [0.29, 0.717) is 17.7 Å². The number of fused-ring (bicyclic) bond motifs is 2. The van der Waals surface area contributed by atoms with E-state index in [1.165, 1.54) is 0 Å². The van der Waals surface area contributed by atoms with Crippen LogP contribution in [-0.2, 0) is 6.42 Å². The minimum atomic E-state index is -0.248. The van der Waals surface area contributed by atoms with Crippen LogP contribution in [0.4, 0.5) is 0 Å². The fourth-order valence-corrected chi connectivity index (χ4v) is 4.72. The summed E-state index contributed by atoms with van der Waals surface area (Å²) >= 11 is 0. The summed E-state index contributed by atoms with van der Waals surface area (Å²) in [6, 6.07) is 7.63. The third-order valence-electron chi connectivity index (χ3n) is 6.27. The molecule has 3 N–H and O–H groups in total. The van der Waals surface area contributed by atoms with Gasteiger partial charge in [0.05, 0.1) is 17.1 Å². The van der Waals surface area contributed by atoms with Crippen LogP contribution in [0.25, 0.3) is 11.0 Å². The number of H-pyrrole nitrogens is 2. The van der Waals surface area contributed by atoms with E-state index in [9.17, 15) is 9.59 Å². The van der Waals surface area contributed by atoms with Gasteiger partial charge in [-0.1, -0.05) is 26.0 Å². The van der Waals surface area contributed by atoms with Crippen LogP contribution in [-0.4, -0.2) is 52.2 Å². The molecule has 0 saturated carbocycles. The lowest BCUT2D eigenvalue weighted by atomic mass is 9.75. The lowest BCUT2D eigenvalue weighted by molar-refractivity contribution is 0.0908. The summed E-state index contributed by atoms with van der Waals surface area (Å²) in [5.41, 5.74) is 4.54. The number of hydrogen-bond acceptors (Lipinski definition) is 4. The average molecular weight is 436 g/mol. The first-order valence-electron chi connectivity index (χ1n) is 11.3. The highest BCUT2D eigenvalue weighted by Crippen LogP contribution is 2.36. The van der Waals surface area contributed by atoms with E-state index in [1.807, 2.05) is 45.3 Å². The number of carbonyl (C=O) groups excluding carboxylic acids is 2. The molecule has 1 amide bonds. The zero-order chi connectivity index (χ0) is 23.0. The third-order valence-corrected chi connectivity index (χ3v) is 6.27. The highest BCUT2D eigenvalue weighted by Gasteiger charge is 2.35. The van der Waals surface area contributed by atoms with Gasteiger partial charge in [-0.3, -0.25) is 9.59 Å². The highest BCUT2D eigenvalue weighted by molar-refractivity contribution is 6.04. The van der Waals surface area contributed by atoms with Gasteiger partial charge in [-0.05, 0) is 69.9 Å². The number of aromatic amines is 2. The van der Waals surface area contributed by atoms with Gasteiger partial charge >= 0.3 is 0 Å². The van der Waals surface area contributed by atoms with Gasteiger partial charge < -0.3 is 20.2 Å². The van der Waals surface area contributed by atoms with Crippen molar-refractivity contribution in [3.05, 3.63) is 52.6 Å². The highest BCUT2D eigenvalue weighted by atomic mass is 16.2. The fourth-order valence-electron chi connectivity index (χ4n) is 4.72. The summed E-state index contributed by atoms with van der Waals surface area (Å²) in [5.74, 6) is 0.672. The largest absolute Gasteiger partial charge is 0.354 e. The van der Waals surface area contributed by atoms with Gasteiger partial charge in [0.25, 0.3) is 5.91 Å². The Kier molecular flexibility index (Phi) is 5.95. The summed E-state index contributed by atoms with van der Waals surface area (Å²) in [6.45, 7) is 6.97. The lowest BCUT2D eigenvalue weighted by Gasteiger charge is -2.28. The van der Waals surface area contributed by atoms with Crippen molar-refractivity contribution in [2.24, 2.45) is 5.41 Å². The number of Topliss-reactive ketones (excluding diaryl/α,β-unsaturated/α-hetero) is 1. The van der Waals surface area contributed by atoms with Gasteiger partial charge in [0.2, 0.25) is 0 Å². The fraction of sp³-hybridized carbons (Fsp3) is 0.480. The molecule has 0 spiro atoms. The molecule has 0 saturated heterocycles. The summed E-state index contributed by atoms with van der Waals surface area (Å²) in [7, 11) is 4.08. The van der Waals surface area contributed by atoms with Crippen LogP contribution in [0.15, 0.2) is 24.3 Å². The number of carbonyl (C=O) groups is 2. The van der Waals surface area contributed by atoms with Gasteiger partial charge in [0.15, 0.2) is 5.78 Å². The number of benzene rings is 1. The molecule has 4 rings (SSSR count). The smallest absolute Gasteiger partial charge is 0.268 e. The first-order valence-corrected chi connectivity index (χ1v) is 11.3. The molecule has 1 aromatic carbocycles. The van der Waals surface area contributed by atoms with Crippen LogP contribution in [0.5, 0.6) is 0 Å². The van der Waals surface area contributed by atoms with Gasteiger partial charge in [-0.2, -0.15) is 0 Å². The monoisotopic (exact) mass is 435 g/mol. The SMILES string of the molecule is Cc1c(C(=O)N[C@@H](CCCN(C)C)c2nc3ccccc3[nH]2)[nH]c2c1C(=O)CC(C)(C)C2. The van der Waals surface area contributed by atoms with Crippen LogP contribution < -0.4 is 5.32 Å². The number of nitrogens with zero attached hydrogens (tertiary/aromatic N) is 2. The maximum atomic E-state index is 13.3. The molecule has 2 heterocycles. The van der Waals surface area contributed by atoms with Crippen molar-refractivity contribution in [3.63, 3.8) is 0 Å². The van der Waals surface area contributed by atoms with Gasteiger partial charge in [-0.15, -0.1) is 0 Å². The molecule has 1 aliphatic rings. The number of amides is 1. The van der Waals surface area contributed by atoms with E-state index in [1.54, 1.807) is 0 Å². The summed E-state index contributed by atoms with van der Waals surface area (Å²) in [4.78, 5) is 39.6. The topological polar surface area (TPSA) is 93.9 Å². The molecule has 2 aromatic heterocycles. The number of aromatic nitrogens is 3. The second-order valence-electron chi connectivity index (χ2n) is 10.0. The molecular formula is C25H33N5O2. The molecule has 0 aliphatic heterocycles. The zero-order valence-electron chi connectivity index (χ0n) is 19.6. The molecular weight excluding hydrogens is 402 g/mol. The minimum Gasteiger partial charge on any atom is -0.354 e. The summed E-state index contributed by atoms with van der Waals surface area (Å²) in [6.07, 6.45) is 2.95. The molecule has 7 nitrogen and oxygen atoms in total. The number of imidazole rings is 1. The second kappa shape index (κ2) is 8.54. The molecule has 0 fully saturated rings.